The summed E-state index contributed by atoms with van der Waals surface area (Å²) in [6.45, 7) is 2.13. The van der Waals surface area contributed by atoms with E-state index in [1.165, 1.54) is 0 Å². The molecule has 5 nitrogen and oxygen atoms in total. The third-order valence-electron chi connectivity index (χ3n) is 1.84. The minimum absolute atomic E-state index is 0.184. The molecule has 0 fully saturated rings. The van der Waals surface area contributed by atoms with E-state index in [1.807, 2.05) is 0 Å². The minimum Gasteiger partial charge on any atom is -0.449 e. The normalized spacial score (nSPS) is 10.1. The van der Waals surface area contributed by atoms with Gasteiger partial charge in [-0.15, -0.1) is 0 Å². The van der Waals surface area contributed by atoms with Gasteiger partial charge in [0.25, 0.3) is 0 Å². The van der Waals surface area contributed by atoms with E-state index in [1.54, 1.807) is 6.07 Å². The van der Waals surface area contributed by atoms with E-state index in [2.05, 4.69) is 21.9 Å². The van der Waals surface area contributed by atoms with Crippen molar-refractivity contribution in [2.45, 2.75) is 32.6 Å². The average molecular weight is 198 g/mol. The highest BCUT2D eigenvalue weighted by Gasteiger charge is 2.05. The van der Waals surface area contributed by atoms with Gasteiger partial charge in [0.05, 0.1) is 5.69 Å². The summed E-state index contributed by atoms with van der Waals surface area (Å²) in [4.78, 5) is 10.2. The van der Waals surface area contributed by atoms with Gasteiger partial charge in [-0.2, -0.15) is 5.10 Å². The number of unbranched alkanes of at least 4 members (excludes halogenated alkanes) is 2. The number of aryl methyl sites for hydroxylation is 1. The number of hydrogen-bond donors (Lipinski definition) is 2. The molecule has 1 heterocycles. The molecule has 0 atom stereocenters. The SMILES string of the molecule is CCCCCc1cc(OC(=O)O)[nH]n1. The molecule has 5 heteroatoms. The summed E-state index contributed by atoms with van der Waals surface area (Å²) in [7, 11) is 0. The van der Waals surface area contributed by atoms with E-state index in [-0.39, 0.29) is 5.88 Å². The molecule has 14 heavy (non-hydrogen) atoms. The van der Waals surface area contributed by atoms with Crippen molar-refractivity contribution in [3.63, 3.8) is 0 Å². The number of nitrogens with one attached hydrogen (secondary N) is 1. The molecule has 0 unspecified atom stereocenters. The Labute approximate surface area is 82.1 Å². The first-order valence-corrected chi connectivity index (χ1v) is 4.67. The first-order valence-electron chi connectivity index (χ1n) is 4.67. The fraction of sp³-hybridized carbons (Fsp3) is 0.556. The number of hydrogen-bond acceptors (Lipinski definition) is 3. The van der Waals surface area contributed by atoms with Crippen LogP contribution >= 0.6 is 0 Å². The van der Waals surface area contributed by atoms with E-state index in [4.69, 9.17) is 5.11 Å². The van der Waals surface area contributed by atoms with Crippen molar-refractivity contribution < 1.29 is 14.6 Å². The van der Waals surface area contributed by atoms with Crippen molar-refractivity contribution in [1.82, 2.24) is 10.2 Å². The molecule has 0 radical (unpaired) electrons. The van der Waals surface area contributed by atoms with Gasteiger partial charge in [-0.05, 0) is 12.8 Å². The Balaban J connectivity index is 2.38. The number of aromatic amines is 1. The summed E-state index contributed by atoms with van der Waals surface area (Å²) in [6.07, 6.45) is 2.90. The van der Waals surface area contributed by atoms with Crippen LogP contribution < -0.4 is 4.74 Å². The third-order valence-corrected chi connectivity index (χ3v) is 1.84. The molecular weight excluding hydrogens is 184 g/mol. The van der Waals surface area contributed by atoms with E-state index in [0.29, 0.717) is 0 Å². The Morgan fingerprint density at radius 2 is 2.43 bits per heavy atom. The van der Waals surface area contributed by atoms with Crippen molar-refractivity contribution in [2.75, 3.05) is 0 Å². The second-order valence-corrected chi connectivity index (χ2v) is 3.05. The summed E-state index contributed by atoms with van der Waals surface area (Å²) in [6, 6.07) is 1.61. The van der Waals surface area contributed by atoms with E-state index in [9.17, 15) is 4.79 Å². The quantitative estimate of drug-likeness (QED) is 0.561. The number of carbonyl (C=O) groups is 1. The van der Waals surface area contributed by atoms with Gasteiger partial charge in [0, 0.05) is 6.07 Å². The lowest BCUT2D eigenvalue weighted by atomic mass is 10.2. The van der Waals surface area contributed by atoms with E-state index < -0.39 is 6.16 Å². The van der Waals surface area contributed by atoms with Crippen molar-refractivity contribution >= 4 is 6.16 Å². The lowest BCUT2D eigenvalue weighted by Crippen LogP contribution is -2.02. The standard InChI is InChI=1S/C9H14N2O3/c1-2-3-4-5-7-6-8(11-10-7)14-9(12)13/h6H,2-5H2,1H3,(H,10,11)(H,12,13). The van der Waals surface area contributed by atoms with Gasteiger partial charge in [0.15, 0.2) is 0 Å². The highest BCUT2D eigenvalue weighted by molar-refractivity contribution is 5.60. The molecule has 0 aliphatic carbocycles. The minimum atomic E-state index is -1.33. The van der Waals surface area contributed by atoms with Crippen LogP contribution in [0.1, 0.15) is 31.9 Å². The van der Waals surface area contributed by atoms with E-state index in [0.717, 1.165) is 31.4 Å². The molecule has 78 valence electrons. The molecule has 0 amide bonds. The molecule has 1 aromatic rings. The number of nitrogens with zero attached hydrogens (tertiary/aromatic N) is 1. The molecule has 0 aliphatic heterocycles. The molecule has 1 aromatic heterocycles. The maximum absolute atomic E-state index is 10.2. The third kappa shape index (κ3) is 3.47. The van der Waals surface area contributed by atoms with Gasteiger partial charge in [-0.3, -0.25) is 0 Å². The smallest absolute Gasteiger partial charge is 0.449 e. The summed E-state index contributed by atoms with van der Waals surface area (Å²) >= 11 is 0. The van der Waals surface area contributed by atoms with Crippen LogP contribution in [0.4, 0.5) is 4.79 Å². The zero-order chi connectivity index (χ0) is 10.4. The van der Waals surface area contributed by atoms with Gasteiger partial charge in [0.1, 0.15) is 0 Å². The van der Waals surface area contributed by atoms with E-state index >= 15 is 0 Å². The van der Waals surface area contributed by atoms with Crippen molar-refractivity contribution in [2.24, 2.45) is 0 Å². The Morgan fingerprint density at radius 3 is 3.07 bits per heavy atom. The zero-order valence-corrected chi connectivity index (χ0v) is 8.12. The maximum Gasteiger partial charge on any atom is 0.512 e. The van der Waals surface area contributed by atoms with Gasteiger partial charge < -0.3 is 9.84 Å². The fourth-order valence-electron chi connectivity index (χ4n) is 1.17. The van der Waals surface area contributed by atoms with Crippen molar-refractivity contribution in [3.8, 4) is 5.88 Å². The first kappa shape index (κ1) is 10.6. The Hall–Kier alpha value is -1.52. The maximum atomic E-state index is 10.2. The second kappa shape index (κ2) is 5.26. The lowest BCUT2D eigenvalue weighted by Gasteiger charge is -1.93. The molecule has 0 saturated carbocycles. The zero-order valence-electron chi connectivity index (χ0n) is 8.12. The lowest BCUT2D eigenvalue weighted by molar-refractivity contribution is 0.142. The highest BCUT2D eigenvalue weighted by atomic mass is 16.7. The summed E-state index contributed by atoms with van der Waals surface area (Å²) in [5, 5.41) is 14.8. The Bertz CT molecular complexity index is 296. The number of rotatable bonds is 5. The molecule has 0 bridgehead atoms. The van der Waals surface area contributed by atoms with Crippen molar-refractivity contribution in [3.05, 3.63) is 11.8 Å². The van der Waals surface area contributed by atoms with Crippen LogP contribution in [0.25, 0.3) is 0 Å². The number of H-pyrrole nitrogens is 1. The van der Waals surface area contributed by atoms with Crippen LogP contribution in [0.2, 0.25) is 0 Å². The summed E-state index contributed by atoms with van der Waals surface area (Å²) < 4.78 is 4.40. The first-order chi connectivity index (χ1) is 6.72. The van der Waals surface area contributed by atoms with Crippen LogP contribution in [-0.4, -0.2) is 21.5 Å². The van der Waals surface area contributed by atoms with Crippen LogP contribution in [0.5, 0.6) is 5.88 Å². The molecule has 0 aromatic carbocycles. The van der Waals surface area contributed by atoms with Gasteiger partial charge in [-0.25, -0.2) is 9.89 Å². The fourth-order valence-corrected chi connectivity index (χ4v) is 1.17. The Morgan fingerprint density at radius 1 is 1.64 bits per heavy atom. The molecular formula is C9H14N2O3. The average Bonchev–Trinajstić information content (AvgIpc) is 2.52. The van der Waals surface area contributed by atoms with Gasteiger partial charge >= 0.3 is 6.16 Å². The monoisotopic (exact) mass is 198 g/mol. The predicted molar refractivity (Wildman–Crippen MR) is 50.5 cm³/mol. The molecule has 0 aliphatic rings. The molecule has 0 saturated heterocycles. The highest BCUT2D eigenvalue weighted by Crippen LogP contribution is 2.11. The number of aromatic nitrogens is 2. The Kier molecular flexibility index (Phi) is 3.97. The topological polar surface area (TPSA) is 75.2 Å². The number of carboxylic acid groups (broad SMARTS) is 1. The van der Waals surface area contributed by atoms with Crippen molar-refractivity contribution in [1.29, 1.82) is 0 Å². The second-order valence-electron chi connectivity index (χ2n) is 3.05. The molecule has 2 N–H and O–H groups in total. The summed E-state index contributed by atoms with van der Waals surface area (Å²) in [5.74, 6) is 0.184. The van der Waals surface area contributed by atoms with Crippen LogP contribution in [0, 0.1) is 0 Å². The van der Waals surface area contributed by atoms with Crippen LogP contribution in [-0.2, 0) is 6.42 Å². The van der Waals surface area contributed by atoms with Crippen LogP contribution in [0.15, 0.2) is 6.07 Å². The van der Waals surface area contributed by atoms with Gasteiger partial charge in [0.2, 0.25) is 5.88 Å². The van der Waals surface area contributed by atoms with Crippen LogP contribution in [0.3, 0.4) is 0 Å². The summed E-state index contributed by atoms with van der Waals surface area (Å²) in [5.41, 5.74) is 0.842. The predicted octanol–water partition coefficient (Wildman–Crippen LogP) is 2.20. The van der Waals surface area contributed by atoms with Gasteiger partial charge in [-0.1, -0.05) is 19.8 Å². The molecule has 0 spiro atoms. The number of ether oxygens (including phenoxy) is 1. The largest absolute Gasteiger partial charge is 0.512 e. The molecule has 1 rings (SSSR count).